The highest BCUT2D eigenvalue weighted by Gasteiger charge is 2.56. The first-order chi connectivity index (χ1) is 7.80. The second-order valence-electron chi connectivity index (χ2n) is 4.02. The van der Waals surface area contributed by atoms with E-state index in [0.717, 1.165) is 11.3 Å². The summed E-state index contributed by atoms with van der Waals surface area (Å²) in [6, 6.07) is 0. The van der Waals surface area contributed by atoms with E-state index in [1.807, 2.05) is 0 Å². The molecule has 17 heavy (non-hydrogen) atoms. The number of anilines is 1. The van der Waals surface area contributed by atoms with Crippen molar-refractivity contribution in [1.82, 2.24) is 15.1 Å². The Bertz CT molecular complexity index is 410. The van der Waals surface area contributed by atoms with E-state index < -0.39 is 18.3 Å². The van der Waals surface area contributed by atoms with Gasteiger partial charge in [0.05, 0.1) is 6.54 Å². The third-order valence-electron chi connectivity index (χ3n) is 2.70. The molecule has 0 saturated carbocycles. The van der Waals surface area contributed by atoms with Crippen LogP contribution in [-0.4, -0.2) is 45.1 Å². The summed E-state index contributed by atoms with van der Waals surface area (Å²) in [5, 5.41) is 17.6. The van der Waals surface area contributed by atoms with Crippen molar-refractivity contribution in [3.05, 3.63) is 5.01 Å². The SMILES string of the molecule is Nc1nnc(CN2CCC(O)(C(F)(F)F)C2)s1. The van der Waals surface area contributed by atoms with Gasteiger partial charge in [0, 0.05) is 13.1 Å². The maximum atomic E-state index is 12.5. The highest BCUT2D eigenvalue weighted by molar-refractivity contribution is 7.15. The Labute approximate surface area is 99.1 Å². The number of nitrogen functional groups attached to an aromatic ring is 1. The molecule has 1 fully saturated rings. The Morgan fingerprint density at radius 2 is 2.18 bits per heavy atom. The van der Waals surface area contributed by atoms with Gasteiger partial charge in [-0.15, -0.1) is 10.2 Å². The smallest absolute Gasteiger partial charge is 0.379 e. The van der Waals surface area contributed by atoms with Gasteiger partial charge in [-0.25, -0.2) is 0 Å². The minimum atomic E-state index is -4.60. The number of halogens is 3. The number of nitrogens with zero attached hydrogens (tertiary/aromatic N) is 3. The number of rotatable bonds is 2. The lowest BCUT2D eigenvalue weighted by molar-refractivity contribution is -0.254. The first-order valence-electron chi connectivity index (χ1n) is 4.89. The summed E-state index contributed by atoms with van der Waals surface area (Å²) in [5.41, 5.74) is 2.76. The monoisotopic (exact) mass is 268 g/mol. The molecule has 1 aliphatic rings. The van der Waals surface area contributed by atoms with Gasteiger partial charge in [0.1, 0.15) is 5.01 Å². The summed E-state index contributed by atoms with van der Waals surface area (Å²) >= 11 is 1.13. The van der Waals surface area contributed by atoms with Gasteiger partial charge in [0.25, 0.3) is 0 Å². The Hall–Kier alpha value is -0.930. The van der Waals surface area contributed by atoms with Gasteiger partial charge in [0.15, 0.2) is 5.60 Å². The third-order valence-corrected chi connectivity index (χ3v) is 3.43. The molecule has 5 nitrogen and oxygen atoms in total. The molecule has 3 N–H and O–H groups in total. The molecule has 0 aromatic carbocycles. The van der Waals surface area contributed by atoms with E-state index in [4.69, 9.17) is 5.73 Å². The molecule has 1 aliphatic heterocycles. The van der Waals surface area contributed by atoms with Crippen molar-refractivity contribution in [1.29, 1.82) is 0 Å². The van der Waals surface area contributed by atoms with Crippen LogP contribution >= 0.6 is 11.3 Å². The quantitative estimate of drug-likeness (QED) is 0.822. The number of likely N-dealkylation sites (tertiary alicyclic amines) is 1. The van der Waals surface area contributed by atoms with Gasteiger partial charge < -0.3 is 10.8 Å². The van der Waals surface area contributed by atoms with E-state index in [-0.39, 0.29) is 24.6 Å². The molecule has 1 aromatic rings. The van der Waals surface area contributed by atoms with Gasteiger partial charge in [-0.1, -0.05) is 11.3 Å². The lowest BCUT2D eigenvalue weighted by Crippen LogP contribution is -2.47. The lowest BCUT2D eigenvalue weighted by atomic mass is 10.0. The number of aromatic nitrogens is 2. The molecule has 1 saturated heterocycles. The van der Waals surface area contributed by atoms with E-state index in [1.54, 1.807) is 0 Å². The molecule has 1 atom stereocenters. The van der Waals surface area contributed by atoms with Crippen molar-refractivity contribution in [2.24, 2.45) is 0 Å². The minimum absolute atomic E-state index is 0.176. The van der Waals surface area contributed by atoms with Crippen molar-refractivity contribution in [3.63, 3.8) is 0 Å². The number of hydrogen-bond acceptors (Lipinski definition) is 6. The fraction of sp³-hybridized carbons (Fsp3) is 0.750. The summed E-state index contributed by atoms with van der Waals surface area (Å²) in [4.78, 5) is 1.49. The summed E-state index contributed by atoms with van der Waals surface area (Å²) in [6.07, 6.45) is -4.91. The molecule has 0 aliphatic carbocycles. The van der Waals surface area contributed by atoms with Crippen molar-refractivity contribution in [2.75, 3.05) is 18.8 Å². The van der Waals surface area contributed by atoms with Gasteiger partial charge >= 0.3 is 6.18 Å². The molecule has 0 bridgehead atoms. The Balaban J connectivity index is 1.99. The molecular weight excluding hydrogens is 257 g/mol. The largest absolute Gasteiger partial charge is 0.418 e. The predicted molar refractivity (Wildman–Crippen MR) is 55.2 cm³/mol. The van der Waals surface area contributed by atoms with Crippen molar-refractivity contribution in [2.45, 2.75) is 24.7 Å². The van der Waals surface area contributed by atoms with Crippen molar-refractivity contribution >= 4 is 16.5 Å². The summed E-state index contributed by atoms with van der Waals surface area (Å²) < 4.78 is 37.6. The maximum absolute atomic E-state index is 12.5. The summed E-state index contributed by atoms with van der Waals surface area (Å²) in [5.74, 6) is 0. The van der Waals surface area contributed by atoms with Crippen LogP contribution < -0.4 is 5.73 Å². The fourth-order valence-corrected chi connectivity index (χ4v) is 2.41. The molecular formula is C8H11F3N4OS. The van der Waals surface area contributed by atoms with Gasteiger partial charge in [-0.3, -0.25) is 4.90 Å². The zero-order valence-electron chi connectivity index (χ0n) is 8.74. The first-order valence-corrected chi connectivity index (χ1v) is 5.71. The molecule has 0 radical (unpaired) electrons. The maximum Gasteiger partial charge on any atom is 0.418 e. The number of hydrogen-bond donors (Lipinski definition) is 2. The van der Waals surface area contributed by atoms with Crippen LogP contribution in [0.1, 0.15) is 11.4 Å². The summed E-state index contributed by atoms with van der Waals surface area (Å²) in [7, 11) is 0. The minimum Gasteiger partial charge on any atom is -0.379 e. The van der Waals surface area contributed by atoms with Crippen LogP contribution in [-0.2, 0) is 6.54 Å². The normalized spacial score (nSPS) is 26.6. The van der Waals surface area contributed by atoms with E-state index in [1.165, 1.54) is 4.90 Å². The van der Waals surface area contributed by atoms with E-state index in [2.05, 4.69) is 10.2 Å². The van der Waals surface area contributed by atoms with Crippen LogP contribution in [0.2, 0.25) is 0 Å². The van der Waals surface area contributed by atoms with E-state index >= 15 is 0 Å². The Kier molecular flexibility index (Phi) is 3.00. The van der Waals surface area contributed by atoms with Gasteiger partial charge in [-0.2, -0.15) is 13.2 Å². The van der Waals surface area contributed by atoms with Crippen LogP contribution in [0.15, 0.2) is 0 Å². The molecule has 0 amide bonds. The molecule has 96 valence electrons. The number of nitrogens with two attached hydrogens (primary N) is 1. The van der Waals surface area contributed by atoms with E-state index in [9.17, 15) is 18.3 Å². The predicted octanol–water partition coefficient (Wildman–Crippen LogP) is 0.619. The lowest BCUT2D eigenvalue weighted by Gasteiger charge is -2.25. The zero-order chi connectivity index (χ0) is 12.7. The topological polar surface area (TPSA) is 75.3 Å². The third kappa shape index (κ3) is 2.50. The number of β-amino-alcohol motifs (C(OH)–C–C–N with tert-alkyl or cyclic N) is 1. The zero-order valence-corrected chi connectivity index (χ0v) is 9.55. The second-order valence-corrected chi connectivity index (χ2v) is 5.12. The molecule has 2 heterocycles. The average Bonchev–Trinajstić information content (AvgIpc) is 2.74. The second kappa shape index (κ2) is 4.07. The molecule has 1 unspecified atom stereocenters. The number of aliphatic hydroxyl groups is 1. The van der Waals surface area contributed by atoms with Gasteiger partial charge in [0.2, 0.25) is 5.13 Å². The van der Waals surface area contributed by atoms with Crippen LogP contribution in [0, 0.1) is 0 Å². The molecule has 1 aromatic heterocycles. The van der Waals surface area contributed by atoms with Crippen LogP contribution in [0.3, 0.4) is 0 Å². The summed E-state index contributed by atoms with van der Waals surface area (Å²) in [6.45, 7) is -0.0290. The van der Waals surface area contributed by atoms with Crippen LogP contribution in [0.25, 0.3) is 0 Å². The molecule has 0 spiro atoms. The van der Waals surface area contributed by atoms with Crippen molar-refractivity contribution in [3.8, 4) is 0 Å². The Morgan fingerprint density at radius 3 is 2.65 bits per heavy atom. The Morgan fingerprint density at radius 1 is 1.47 bits per heavy atom. The standard InChI is InChI=1S/C8H11F3N4OS/c9-8(10,11)7(16)1-2-15(4-7)3-5-13-14-6(12)17-5/h16H,1-4H2,(H2,12,14). The van der Waals surface area contributed by atoms with E-state index in [0.29, 0.717) is 5.01 Å². The average molecular weight is 268 g/mol. The molecule has 2 rings (SSSR count). The van der Waals surface area contributed by atoms with Crippen LogP contribution in [0.5, 0.6) is 0 Å². The first kappa shape index (κ1) is 12.5. The molecule has 9 heteroatoms. The highest BCUT2D eigenvalue weighted by atomic mass is 32.1. The highest BCUT2D eigenvalue weighted by Crippen LogP contribution is 2.38. The fourth-order valence-electron chi connectivity index (χ4n) is 1.76. The van der Waals surface area contributed by atoms with Gasteiger partial charge in [-0.05, 0) is 6.42 Å². The van der Waals surface area contributed by atoms with Crippen LogP contribution in [0.4, 0.5) is 18.3 Å². The van der Waals surface area contributed by atoms with Crippen molar-refractivity contribution < 1.29 is 18.3 Å². The number of alkyl halides is 3.